The maximum absolute atomic E-state index is 11.1. The standard InChI is InChI=1S/C14H19NO2/c1-3-8-15-9-12(10(2)14(16)17)11-6-4-5-7-13(11)15/h4-7,10,12H,3,8-9H2,1-2H3,(H,16,17). The van der Waals surface area contributed by atoms with E-state index in [4.69, 9.17) is 5.11 Å². The lowest BCUT2D eigenvalue weighted by molar-refractivity contribution is -0.141. The third-order valence-electron chi connectivity index (χ3n) is 3.58. The van der Waals surface area contributed by atoms with Gasteiger partial charge in [-0.25, -0.2) is 0 Å². The fraction of sp³-hybridized carbons (Fsp3) is 0.500. The molecule has 0 aliphatic carbocycles. The van der Waals surface area contributed by atoms with E-state index in [1.807, 2.05) is 12.1 Å². The molecule has 3 heteroatoms. The summed E-state index contributed by atoms with van der Waals surface area (Å²) in [5.74, 6) is -0.906. The van der Waals surface area contributed by atoms with Crippen LogP contribution in [0.1, 0.15) is 31.7 Å². The number of carbonyl (C=O) groups is 1. The lowest BCUT2D eigenvalue weighted by Crippen LogP contribution is -2.27. The third-order valence-corrected chi connectivity index (χ3v) is 3.58. The number of benzene rings is 1. The van der Waals surface area contributed by atoms with Crippen LogP contribution in [0.4, 0.5) is 5.69 Å². The number of fused-ring (bicyclic) bond motifs is 1. The molecule has 0 spiro atoms. The van der Waals surface area contributed by atoms with Gasteiger partial charge in [0.2, 0.25) is 0 Å². The van der Waals surface area contributed by atoms with Crippen molar-refractivity contribution in [3.8, 4) is 0 Å². The molecular formula is C14H19NO2. The average molecular weight is 233 g/mol. The summed E-state index contributed by atoms with van der Waals surface area (Å²) in [7, 11) is 0. The lowest BCUT2D eigenvalue weighted by Gasteiger charge is -2.20. The van der Waals surface area contributed by atoms with Crippen molar-refractivity contribution in [1.29, 1.82) is 0 Å². The molecule has 0 aromatic heterocycles. The van der Waals surface area contributed by atoms with E-state index < -0.39 is 5.97 Å². The monoisotopic (exact) mass is 233 g/mol. The highest BCUT2D eigenvalue weighted by Crippen LogP contribution is 2.40. The van der Waals surface area contributed by atoms with Gasteiger partial charge in [-0.05, 0) is 18.1 Å². The van der Waals surface area contributed by atoms with Crippen LogP contribution < -0.4 is 4.90 Å². The van der Waals surface area contributed by atoms with E-state index >= 15 is 0 Å². The molecule has 1 aliphatic heterocycles. The summed E-state index contributed by atoms with van der Waals surface area (Å²) >= 11 is 0. The minimum Gasteiger partial charge on any atom is -0.481 e. The predicted molar refractivity (Wildman–Crippen MR) is 68.5 cm³/mol. The summed E-state index contributed by atoms with van der Waals surface area (Å²) in [4.78, 5) is 13.4. The molecule has 0 bridgehead atoms. The van der Waals surface area contributed by atoms with Crippen LogP contribution >= 0.6 is 0 Å². The van der Waals surface area contributed by atoms with Crippen LogP contribution in [-0.4, -0.2) is 24.2 Å². The van der Waals surface area contributed by atoms with Gasteiger partial charge in [-0.3, -0.25) is 4.79 Å². The van der Waals surface area contributed by atoms with Crippen molar-refractivity contribution in [2.24, 2.45) is 5.92 Å². The van der Waals surface area contributed by atoms with Crippen LogP contribution in [0, 0.1) is 5.92 Å². The Bertz CT molecular complexity index is 416. The zero-order valence-corrected chi connectivity index (χ0v) is 10.4. The van der Waals surface area contributed by atoms with E-state index in [1.54, 1.807) is 6.92 Å². The first kappa shape index (κ1) is 12.0. The average Bonchev–Trinajstić information content (AvgIpc) is 2.68. The first-order valence-corrected chi connectivity index (χ1v) is 6.21. The molecule has 0 fully saturated rings. The number of aliphatic carboxylic acids is 1. The van der Waals surface area contributed by atoms with Crippen LogP contribution in [0.25, 0.3) is 0 Å². The molecule has 1 heterocycles. The molecule has 17 heavy (non-hydrogen) atoms. The first-order valence-electron chi connectivity index (χ1n) is 6.21. The summed E-state index contributed by atoms with van der Waals surface area (Å²) in [5.41, 5.74) is 2.41. The van der Waals surface area contributed by atoms with Gasteiger partial charge in [-0.2, -0.15) is 0 Å². The number of para-hydroxylation sites is 1. The molecule has 2 unspecified atom stereocenters. The molecule has 92 valence electrons. The minimum absolute atomic E-state index is 0.121. The van der Waals surface area contributed by atoms with Gasteiger partial charge in [0.1, 0.15) is 0 Å². The van der Waals surface area contributed by atoms with Crippen molar-refractivity contribution in [2.45, 2.75) is 26.2 Å². The van der Waals surface area contributed by atoms with Crippen LogP contribution in [-0.2, 0) is 4.79 Å². The molecule has 1 aromatic carbocycles. The van der Waals surface area contributed by atoms with Crippen molar-refractivity contribution in [2.75, 3.05) is 18.0 Å². The lowest BCUT2D eigenvalue weighted by atomic mass is 9.89. The van der Waals surface area contributed by atoms with E-state index in [0.717, 1.165) is 19.5 Å². The number of nitrogens with zero attached hydrogens (tertiary/aromatic N) is 1. The number of rotatable bonds is 4. The zero-order valence-electron chi connectivity index (χ0n) is 10.4. The molecule has 2 rings (SSSR count). The molecule has 0 saturated carbocycles. The second-order valence-corrected chi connectivity index (χ2v) is 4.74. The molecule has 0 radical (unpaired) electrons. The fourth-order valence-electron chi connectivity index (χ4n) is 2.60. The molecule has 2 atom stereocenters. The number of hydrogen-bond acceptors (Lipinski definition) is 2. The van der Waals surface area contributed by atoms with E-state index in [0.29, 0.717) is 0 Å². The highest BCUT2D eigenvalue weighted by Gasteiger charge is 2.34. The highest BCUT2D eigenvalue weighted by molar-refractivity contribution is 5.73. The van der Waals surface area contributed by atoms with Crippen molar-refractivity contribution < 1.29 is 9.90 Å². The van der Waals surface area contributed by atoms with E-state index in [2.05, 4.69) is 24.0 Å². The molecule has 3 nitrogen and oxygen atoms in total. The Hall–Kier alpha value is -1.51. The van der Waals surface area contributed by atoms with Gasteiger partial charge in [-0.1, -0.05) is 32.0 Å². The normalized spacial score (nSPS) is 20.1. The van der Waals surface area contributed by atoms with Crippen molar-refractivity contribution >= 4 is 11.7 Å². The predicted octanol–water partition coefficient (Wildman–Crippen LogP) is 2.72. The number of hydrogen-bond donors (Lipinski definition) is 1. The Morgan fingerprint density at radius 2 is 2.24 bits per heavy atom. The van der Waals surface area contributed by atoms with Crippen LogP contribution in [0.15, 0.2) is 24.3 Å². The molecule has 0 saturated heterocycles. The van der Waals surface area contributed by atoms with Gasteiger partial charge in [0, 0.05) is 24.7 Å². The fourth-order valence-corrected chi connectivity index (χ4v) is 2.60. The van der Waals surface area contributed by atoms with Crippen molar-refractivity contribution in [3.63, 3.8) is 0 Å². The van der Waals surface area contributed by atoms with Gasteiger partial charge in [0.05, 0.1) is 5.92 Å². The van der Waals surface area contributed by atoms with Crippen LogP contribution in [0.5, 0.6) is 0 Å². The smallest absolute Gasteiger partial charge is 0.306 e. The topological polar surface area (TPSA) is 40.5 Å². The molecule has 1 N–H and O–H groups in total. The Morgan fingerprint density at radius 3 is 2.88 bits per heavy atom. The van der Waals surface area contributed by atoms with Crippen LogP contribution in [0.3, 0.4) is 0 Å². The Kier molecular flexibility index (Phi) is 3.36. The van der Waals surface area contributed by atoms with E-state index in [9.17, 15) is 4.79 Å². The maximum Gasteiger partial charge on any atom is 0.306 e. The number of carboxylic acids is 1. The van der Waals surface area contributed by atoms with Crippen molar-refractivity contribution in [1.82, 2.24) is 0 Å². The first-order chi connectivity index (χ1) is 8.15. The van der Waals surface area contributed by atoms with Gasteiger partial charge in [0.25, 0.3) is 0 Å². The second kappa shape index (κ2) is 4.78. The van der Waals surface area contributed by atoms with Crippen molar-refractivity contribution in [3.05, 3.63) is 29.8 Å². The zero-order chi connectivity index (χ0) is 12.4. The van der Waals surface area contributed by atoms with Gasteiger partial charge >= 0.3 is 5.97 Å². The van der Waals surface area contributed by atoms with Gasteiger partial charge < -0.3 is 10.0 Å². The summed E-state index contributed by atoms with van der Waals surface area (Å²) in [5, 5.41) is 9.17. The third kappa shape index (κ3) is 2.14. The number of anilines is 1. The molecule has 1 aromatic rings. The quantitative estimate of drug-likeness (QED) is 0.869. The van der Waals surface area contributed by atoms with Gasteiger partial charge in [0.15, 0.2) is 0 Å². The SMILES string of the molecule is CCCN1CC(C(C)C(=O)O)c2ccccc21. The van der Waals surface area contributed by atoms with Crippen LogP contribution in [0.2, 0.25) is 0 Å². The summed E-state index contributed by atoms with van der Waals surface area (Å²) < 4.78 is 0. The second-order valence-electron chi connectivity index (χ2n) is 4.74. The summed E-state index contributed by atoms with van der Waals surface area (Å²) in [6.07, 6.45) is 1.09. The Morgan fingerprint density at radius 1 is 1.53 bits per heavy atom. The highest BCUT2D eigenvalue weighted by atomic mass is 16.4. The Balaban J connectivity index is 2.31. The largest absolute Gasteiger partial charge is 0.481 e. The van der Waals surface area contributed by atoms with E-state index in [1.165, 1.54) is 11.3 Å². The number of carboxylic acid groups (broad SMARTS) is 1. The Labute approximate surface area is 102 Å². The maximum atomic E-state index is 11.1. The molecular weight excluding hydrogens is 214 g/mol. The molecule has 1 aliphatic rings. The summed E-state index contributed by atoms with van der Waals surface area (Å²) in [6, 6.07) is 8.18. The molecule has 0 amide bonds. The van der Waals surface area contributed by atoms with E-state index in [-0.39, 0.29) is 11.8 Å². The summed E-state index contributed by atoms with van der Waals surface area (Å²) in [6.45, 7) is 5.79. The van der Waals surface area contributed by atoms with Gasteiger partial charge in [-0.15, -0.1) is 0 Å². The minimum atomic E-state index is -0.705.